The maximum absolute atomic E-state index is 8.96. The van der Waals surface area contributed by atoms with Crippen LogP contribution in [0.3, 0.4) is 0 Å². The van der Waals surface area contributed by atoms with E-state index in [1.165, 1.54) is 12.8 Å². The Balaban J connectivity index is 1.83. The Bertz CT molecular complexity index is 479. The molecule has 0 saturated carbocycles. The van der Waals surface area contributed by atoms with Gasteiger partial charge < -0.3 is 10.2 Å². The minimum atomic E-state index is 0.459. The van der Waals surface area contributed by atoms with Gasteiger partial charge in [0.05, 0.1) is 0 Å². The first-order valence-corrected chi connectivity index (χ1v) is 6.50. The van der Waals surface area contributed by atoms with Crippen LogP contribution in [0.1, 0.15) is 24.2 Å². The van der Waals surface area contributed by atoms with E-state index in [9.17, 15) is 0 Å². The zero-order valence-electron chi connectivity index (χ0n) is 10.6. The summed E-state index contributed by atoms with van der Waals surface area (Å²) in [6, 6.07) is 4.39. The van der Waals surface area contributed by atoms with Crippen LogP contribution >= 0.6 is 0 Å². The average Bonchev–Trinajstić information content (AvgIpc) is 2.81. The van der Waals surface area contributed by atoms with E-state index in [0.29, 0.717) is 23.6 Å². The number of hydrogen-bond acceptors (Lipinski definition) is 5. The summed E-state index contributed by atoms with van der Waals surface area (Å²) in [4.78, 5) is 11.0. The number of piperidine rings is 1. The van der Waals surface area contributed by atoms with Crippen molar-refractivity contribution in [3.63, 3.8) is 0 Å². The molecule has 3 heterocycles. The zero-order valence-corrected chi connectivity index (χ0v) is 10.6. The van der Waals surface area contributed by atoms with E-state index >= 15 is 0 Å². The predicted molar refractivity (Wildman–Crippen MR) is 68.2 cm³/mol. The van der Waals surface area contributed by atoms with Crippen LogP contribution in [-0.4, -0.2) is 35.6 Å². The van der Waals surface area contributed by atoms with Gasteiger partial charge in [-0.05, 0) is 38.3 Å². The SMILES string of the molecule is Cc1cc(C#N)nc(N2C[C@@H]3CCCN[C@@H]3C2)n1. The van der Waals surface area contributed by atoms with Gasteiger partial charge >= 0.3 is 0 Å². The first-order chi connectivity index (χ1) is 8.76. The van der Waals surface area contributed by atoms with E-state index in [1.54, 1.807) is 6.07 Å². The van der Waals surface area contributed by atoms with Gasteiger partial charge in [0.15, 0.2) is 0 Å². The molecule has 0 aliphatic carbocycles. The lowest BCUT2D eigenvalue weighted by Crippen LogP contribution is -2.40. The van der Waals surface area contributed by atoms with Crippen molar-refractivity contribution in [2.75, 3.05) is 24.5 Å². The van der Waals surface area contributed by atoms with E-state index in [-0.39, 0.29) is 0 Å². The number of aryl methyl sites for hydroxylation is 1. The number of nitrogens with zero attached hydrogens (tertiary/aromatic N) is 4. The van der Waals surface area contributed by atoms with Gasteiger partial charge in [-0.25, -0.2) is 9.97 Å². The van der Waals surface area contributed by atoms with Gasteiger partial charge in [-0.15, -0.1) is 0 Å². The Morgan fingerprint density at radius 1 is 1.44 bits per heavy atom. The highest BCUT2D eigenvalue weighted by molar-refractivity contribution is 5.38. The molecule has 1 aromatic heterocycles. The van der Waals surface area contributed by atoms with Gasteiger partial charge in [0, 0.05) is 24.8 Å². The molecular formula is C13H17N5. The van der Waals surface area contributed by atoms with Crippen molar-refractivity contribution in [3.8, 4) is 6.07 Å². The molecule has 0 unspecified atom stereocenters. The van der Waals surface area contributed by atoms with Crippen LogP contribution in [0.15, 0.2) is 6.07 Å². The van der Waals surface area contributed by atoms with Gasteiger partial charge in [0.2, 0.25) is 5.95 Å². The van der Waals surface area contributed by atoms with Crippen molar-refractivity contribution in [3.05, 3.63) is 17.5 Å². The lowest BCUT2D eigenvalue weighted by molar-refractivity contribution is 0.340. The zero-order chi connectivity index (χ0) is 12.5. The summed E-state index contributed by atoms with van der Waals surface area (Å²) >= 11 is 0. The van der Waals surface area contributed by atoms with Crippen LogP contribution in [0.2, 0.25) is 0 Å². The van der Waals surface area contributed by atoms with E-state index in [1.807, 2.05) is 6.92 Å². The first-order valence-electron chi connectivity index (χ1n) is 6.50. The lowest BCUT2D eigenvalue weighted by Gasteiger charge is -2.24. The number of nitrogens with one attached hydrogen (secondary N) is 1. The van der Waals surface area contributed by atoms with Crippen LogP contribution < -0.4 is 10.2 Å². The molecule has 2 saturated heterocycles. The molecule has 2 fully saturated rings. The number of anilines is 1. The molecular weight excluding hydrogens is 226 g/mol. The third kappa shape index (κ3) is 2.04. The Morgan fingerprint density at radius 2 is 2.33 bits per heavy atom. The van der Waals surface area contributed by atoms with E-state index in [2.05, 4.69) is 26.3 Å². The molecule has 1 aromatic rings. The van der Waals surface area contributed by atoms with Crippen molar-refractivity contribution in [2.24, 2.45) is 5.92 Å². The first kappa shape index (κ1) is 11.4. The highest BCUT2D eigenvalue weighted by atomic mass is 15.3. The molecule has 0 bridgehead atoms. The molecule has 2 aliphatic heterocycles. The quantitative estimate of drug-likeness (QED) is 0.792. The maximum atomic E-state index is 8.96. The van der Waals surface area contributed by atoms with Crippen LogP contribution in [0.5, 0.6) is 0 Å². The van der Waals surface area contributed by atoms with Gasteiger partial charge in [0.1, 0.15) is 11.8 Å². The summed E-state index contributed by atoms with van der Waals surface area (Å²) in [5, 5.41) is 12.5. The molecule has 0 aromatic carbocycles. The molecule has 0 amide bonds. The van der Waals surface area contributed by atoms with Crippen molar-refractivity contribution < 1.29 is 0 Å². The molecule has 0 radical (unpaired) electrons. The predicted octanol–water partition coefficient (Wildman–Crippen LogP) is 0.845. The van der Waals surface area contributed by atoms with Gasteiger partial charge in [0.25, 0.3) is 0 Å². The molecule has 1 N–H and O–H groups in total. The molecule has 5 nitrogen and oxygen atoms in total. The lowest BCUT2D eigenvalue weighted by atomic mass is 9.94. The summed E-state index contributed by atoms with van der Waals surface area (Å²) in [7, 11) is 0. The minimum Gasteiger partial charge on any atom is -0.339 e. The molecule has 0 spiro atoms. The van der Waals surface area contributed by atoms with Crippen LogP contribution in [0, 0.1) is 24.2 Å². The van der Waals surface area contributed by atoms with E-state index in [4.69, 9.17) is 5.26 Å². The average molecular weight is 243 g/mol. The number of nitriles is 1. The second kappa shape index (κ2) is 4.54. The summed E-state index contributed by atoms with van der Waals surface area (Å²) in [5.74, 6) is 1.41. The van der Waals surface area contributed by atoms with Crippen LogP contribution in [-0.2, 0) is 0 Å². The summed E-state index contributed by atoms with van der Waals surface area (Å²) in [5.41, 5.74) is 1.32. The Morgan fingerprint density at radius 3 is 3.11 bits per heavy atom. The number of fused-ring (bicyclic) bond motifs is 1. The standard InChI is InChI=1S/C13H17N5/c1-9-5-11(6-14)17-13(16-9)18-7-10-3-2-4-15-12(10)8-18/h5,10,12,15H,2-4,7-8H2,1H3/t10-,12+/m0/s1. The highest BCUT2D eigenvalue weighted by Gasteiger charge is 2.35. The second-order valence-electron chi connectivity index (χ2n) is 5.17. The third-order valence-corrected chi connectivity index (χ3v) is 3.84. The van der Waals surface area contributed by atoms with Crippen LogP contribution in [0.4, 0.5) is 5.95 Å². The summed E-state index contributed by atoms with van der Waals surface area (Å²) in [6.45, 7) is 4.99. The fourth-order valence-electron chi connectivity index (χ4n) is 2.96. The van der Waals surface area contributed by atoms with Gasteiger partial charge in [-0.3, -0.25) is 0 Å². The van der Waals surface area contributed by atoms with E-state index in [0.717, 1.165) is 25.3 Å². The topological polar surface area (TPSA) is 64.8 Å². The monoisotopic (exact) mass is 243 g/mol. The highest BCUT2D eigenvalue weighted by Crippen LogP contribution is 2.27. The normalized spacial score (nSPS) is 26.8. The smallest absolute Gasteiger partial charge is 0.226 e. The van der Waals surface area contributed by atoms with Gasteiger partial charge in [-0.2, -0.15) is 5.26 Å². The Hall–Kier alpha value is -1.67. The molecule has 2 atom stereocenters. The maximum Gasteiger partial charge on any atom is 0.226 e. The second-order valence-corrected chi connectivity index (χ2v) is 5.17. The Kier molecular flexibility index (Phi) is 2.88. The van der Waals surface area contributed by atoms with Crippen molar-refractivity contribution in [2.45, 2.75) is 25.8 Å². The summed E-state index contributed by atoms with van der Waals surface area (Å²) in [6.07, 6.45) is 2.54. The number of rotatable bonds is 1. The number of hydrogen-bond donors (Lipinski definition) is 1. The molecule has 5 heteroatoms. The van der Waals surface area contributed by atoms with Crippen molar-refractivity contribution >= 4 is 5.95 Å². The van der Waals surface area contributed by atoms with Gasteiger partial charge in [-0.1, -0.05) is 0 Å². The van der Waals surface area contributed by atoms with Crippen LogP contribution in [0.25, 0.3) is 0 Å². The largest absolute Gasteiger partial charge is 0.339 e. The molecule has 94 valence electrons. The number of aromatic nitrogens is 2. The molecule has 3 rings (SSSR count). The third-order valence-electron chi connectivity index (χ3n) is 3.84. The molecule has 2 aliphatic rings. The fraction of sp³-hybridized carbons (Fsp3) is 0.615. The fourth-order valence-corrected chi connectivity index (χ4v) is 2.96. The van der Waals surface area contributed by atoms with Crippen molar-refractivity contribution in [1.29, 1.82) is 5.26 Å². The van der Waals surface area contributed by atoms with E-state index < -0.39 is 0 Å². The van der Waals surface area contributed by atoms with Crippen molar-refractivity contribution in [1.82, 2.24) is 15.3 Å². The summed E-state index contributed by atoms with van der Waals surface area (Å²) < 4.78 is 0. The molecule has 18 heavy (non-hydrogen) atoms. The minimum absolute atomic E-state index is 0.459. The Labute approximate surface area is 107 Å².